The van der Waals surface area contributed by atoms with Crippen LogP contribution in [0, 0.1) is 0 Å². The zero-order valence-corrected chi connectivity index (χ0v) is 13.7. The molecule has 1 aromatic carbocycles. The summed E-state index contributed by atoms with van der Waals surface area (Å²) in [7, 11) is 0. The molecule has 0 unspecified atom stereocenters. The minimum Gasteiger partial charge on any atom is -0.461 e. The van der Waals surface area contributed by atoms with E-state index in [9.17, 15) is 4.79 Å². The summed E-state index contributed by atoms with van der Waals surface area (Å²) in [6.07, 6.45) is 0.478. The number of furan rings is 2. The third-order valence-corrected chi connectivity index (χ3v) is 3.87. The fourth-order valence-electron chi connectivity index (χ4n) is 2.39. The van der Waals surface area contributed by atoms with Gasteiger partial charge in [-0.25, -0.2) is 0 Å². The topological polar surface area (TPSA) is 43.4 Å². The molecule has 2 heterocycles. The van der Waals surface area contributed by atoms with Gasteiger partial charge in [-0.15, -0.1) is 0 Å². The van der Waals surface area contributed by atoms with Crippen LogP contribution >= 0.6 is 23.2 Å². The number of carbonyl (C=O) groups is 1. The van der Waals surface area contributed by atoms with Gasteiger partial charge in [-0.1, -0.05) is 25.4 Å². The Morgan fingerprint density at radius 1 is 1.18 bits per heavy atom. The molecule has 22 heavy (non-hydrogen) atoms. The average molecular weight is 337 g/mol. The van der Waals surface area contributed by atoms with E-state index in [2.05, 4.69) is 13.8 Å². The van der Waals surface area contributed by atoms with Crippen molar-refractivity contribution in [1.29, 1.82) is 0 Å². The first-order valence-electron chi connectivity index (χ1n) is 6.94. The van der Waals surface area contributed by atoms with Gasteiger partial charge in [0.15, 0.2) is 5.76 Å². The first-order valence-corrected chi connectivity index (χ1v) is 7.70. The normalized spacial score (nSPS) is 11.5. The van der Waals surface area contributed by atoms with Gasteiger partial charge < -0.3 is 8.83 Å². The molecule has 2 aromatic heterocycles. The van der Waals surface area contributed by atoms with Gasteiger partial charge in [-0.05, 0) is 41.9 Å². The largest absolute Gasteiger partial charge is 0.461 e. The number of benzene rings is 1. The molecule has 0 aliphatic heterocycles. The molecule has 0 aliphatic carbocycles. The van der Waals surface area contributed by atoms with Crippen LogP contribution < -0.4 is 0 Å². The van der Waals surface area contributed by atoms with Crippen molar-refractivity contribution >= 4 is 39.4 Å². The van der Waals surface area contributed by atoms with E-state index in [4.69, 9.17) is 32.0 Å². The zero-order chi connectivity index (χ0) is 15.9. The highest BCUT2D eigenvalue weighted by atomic mass is 35.5. The summed E-state index contributed by atoms with van der Waals surface area (Å²) in [5, 5.41) is 0.993. The van der Waals surface area contributed by atoms with Crippen molar-refractivity contribution in [1.82, 2.24) is 0 Å². The van der Waals surface area contributed by atoms with Gasteiger partial charge in [0, 0.05) is 28.3 Å². The Kier molecular flexibility index (Phi) is 4.02. The molecule has 0 bridgehead atoms. The lowest BCUT2D eigenvalue weighted by Gasteiger charge is -2.02. The van der Waals surface area contributed by atoms with Crippen LogP contribution in [0.5, 0.6) is 0 Å². The number of hydrogen-bond acceptors (Lipinski definition) is 3. The maximum absolute atomic E-state index is 11.1. The smallest absolute Gasteiger partial charge is 0.287 e. The van der Waals surface area contributed by atoms with E-state index in [0.717, 1.165) is 22.3 Å². The van der Waals surface area contributed by atoms with E-state index in [-0.39, 0.29) is 5.76 Å². The van der Waals surface area contributed by atoms with Gasteiger partial charge in [0.05, 0.1) is 0 Å². The van der Waals surface area contributed by atoms with Crippen LogP contribution in [0.2, 0.25) is 5.02 Å². The maximum Gasteiger partial charge on any atom is 0.287 e. The third kappa shape index (κ3) is 2.92. The molecule has 3 nitrogen and oxygen atoms in total. The second kappa shape index (κ2) is 5.82. The molecule has 0 saturated carbocycles. The summed E-state index contributed by atoms with van der Waals surface area (Å²) >= 11 is 11.6. The van der Waals surface area contributed by atoms with Crippen molar-refractivity contribution in [3.63, 3.8) is 0 Å². The predicted octanol–water partition coefficient (Wildman–Crippen LogP) is 5.77. The molecule has 0 amide bonds. The number of rotatable bonds is 4. The van der Waals surface area contributed by atoms with Crippen LogP contribution in [0.15, 0.2) is 39.2 Å². The Morgan fingerprint density at radius 2 is 1.95 bits per heavy atom. The summed E-state index contributed by atoms with van der Waals surface area (Å²) < 4.78 is 11.4. The van der Waals surface area contributed by atoms with Gasteiger partial charge in [0.1, 0.15) is 17.1 Å². The molecule has 0 spiro atoms. The van der Waals surface area contributed by atoms with E-state index < -0.39 is 5.24 Å². The SMILES string of the molecule is CC(C)c1cc2cc(Cl)cc(Cc3ccc(C(=O)Cl)o3)c2o1. The lowest BCUT2D eigenvalue weighted by atomic mass is 10.1. The molecule has 0 saturated heterocycles. The fraction of sp³-hybridized carbons (Fsp3) is 0.235. The minimum atomic E-state index is -0.609. The van der Waals surface area contributed by atoms with E-state index in [1.807, 2.05) is 18.2 Å². The van der Waals surface area contributed by atoms with Crippen molar-refractivity contribution in [3.8, 4) is 0 Å². The van der Waals surface area contributed by atoms with Gasteiger partial charge in [0.2, 0.25) is 0 Å². The quantitative estimate of drug-likeness (QED) is 0.567. The summed E-state index contributed by atoms with van der Waals surface area (Å²) in [5.41, 5.74) is 1.71. The van der Waals surface area contributed by atoms with Crippen LogP contribution in [0.3, 0.4) is 0 Å². The Bertz CT molecular complexity index is 843. The number of hydrogen-bond donors (Lipinski definition) is 0. The molecule has 0 radical (unpaired) electrons. The lowest BCUT2D eigenvalue weighted by Crippen LogP contribution is -1.88. The highest BCUT2D eigenvalue weighted by Crippen LogP contribution is 2.31. The van der Waals surface area contributed by atoms with Crippen molar-refractivity contribution < 1.29 is 13.6 Å². The first kappa shape index (κ1) is 15.2. The molecule has 0 aliphatic rings. The van der Waals surface area contributed by atoms with Gasteiger partial charge in [0.25, 0.3) is 5.24 Å². The van der Waals surface area contributed by atoms with Gasteiger partial charge in [-0.2, -0.15) is 0 Å². The van der Waals surface area contributed by atoms with Gasteiger partial charge >= 0.3 is 0 Å². The second-order valence-electron chi connectivity index (χ2n) is 5.50. The number of halogens is 2. The Morgan fingerprint density at radius 3 is 2.59 bits per heavy atom. The van der Waals surface area contributed by atoms with E-state index >= 15 is 0 Å². The third-order valence-electron chi connectivity index (χ3n) is 3.47. The van der Waals surface area contributed by atoms with Crippen LogP contribution in [0.1, 0.15) is 47.4 Å². The summed E-state index contributed by atoms with van der Waals surface area (Å²) in [6, 6.07) is 9.03. The average Bonchev–Trinajstić information content (AvgIpc) is 3.04. The summed E-state index contributed by atoms with van der Waals surface area (Å²) in [4.78, 5) is 11.1. The van der Waals surface area contributed by atoms with Crippen LogP contribution in [-0.4, -0.2) is 5.24 Å². The zero-order valence-electron chi connectivity index (χ0n) is 12.2. The Labute approximate surface area is 137 Å². The number of fused-ring (bicyclic) bond motifs is 1. The molecule has 5 heteroatoms. The maximum atomic E-state index is 11.1. The Hall–Kier alpha value is -1.71. The van der Waals surface area contributed by atoms with E-state index in [1.54, 1.807) is 12.1 Å². The van der Waals surface area contributed by atoms with Crippen LogP contribution in [0.4, 0.5) is 0 Å². The van der Waals surface area contributed by atoms with Crippen molar-refractivity contribution in [2.45, 2.75) is 26.2 Å². The molecule has 3 rings (SSSR count). The lowest BCUT2D eigenvalue weighted by molar-refractivity contribution is 0.105. The van der Waals surface area contributed by atoms with Crippen molar-refractivity contribution in [2.75, 3.05) is 0 Å². The monoisotopic (exact) mass is 336 g/mol. The second-order valence-corrected chi connectivity index (χ2v) is 6.28. The fourth-order valence-corrected chi connectivity index (χ4v) is 2.74. The molecule has 0 N–H and O–H groups in total. The van der Waals surface area contributed by atoms with Crippen LogP contribution in [-0.2, 0) is 6.42 Å². The van der Waals surface area contributed by atoms with Gasteiger partial charge in [-0.3, -0.25) is 4.79 Å². The highest BCUT2D eigenvalue weighted by molar-refractivity contribution is 6.67. The molecule has 3 aromatic rings. The Balaban J connectivity index is 2.03. The standard InChI is InChI=1S/C17H14Cl2O3/c1-9(2)15-8-11-6-12(18)5-10(16(11)22-15)7-13-3-4-14(21-13)17(19)20/h3-6,8-9H,7H2,1-2H3. The summed E-state index contributed by atoms with van der Waals surface area (Å²) in [5.74, 6) is 1.98. The molecule has 0 fully saturated rings. The summed E-state index contributed by atoms with van der Waals surface area (Å²) in [6.45, 7) is 4.15. The van der Waals surface area contributed by atoms with E-state index in [1.165, 1.54) is 0 Å². The van der Waals surface area contributed by atoms with Crippen LogP contribution in [0.25, 0.3) is 11.0 Å². The predicted molar refractivity (Wildman–Crippen MR) is 87.0 cm³/mol. The molecule has 0 atom stereocenters. The highest BCUT2D eigenvalue weighted by Gasteiger charge is 2.15. The van der Waals surface area contributed by atoms with Crippen molar-refractivity contribution in [2.24, 2.45) is 0 Å². The van der Waals surface area contributed by atoms with Crippen molar-refractivity contribution in [3.05, 3.63) is 58.2 Å². The molecule has 114 valence electrons. The first-order chi connectivity index (χ1) is 10.4. The number of carbonyl (C=O) groups excluding carboxylic acids is 1. The van der Waals surface area contributed by atoms with E-state index in [0.29, 0.717) is 23.1 Å². The molecular weight excluding hydrogens is 323 g/mol. The molecular formula is C17H14Cl2O3. The minimum absolute atomic E-state index is 0.136.